The molecule has 0 aliphatic rings. The number of benzene rings is 1. The van der Waals surface area contributed by atoms with E-state index in [1.807, 2.05) is 18.0 Å². The first-order valence-electron chi connectivity index (χ1n) is 6.47. The molecule has 0 aliphatic heterocycles. The van der Waals surface area contributed by atoms with Crippen LogP contribution in [0.1, 0.15) is 11.1 Å². The number of halogens is 1. The predicted molar refractivity (Wildman–Crippen MR) is 75.5 cm³/mol. The Morgan fingerprint density at radius 1 is 1.40 bits per heavy atom. The van der Waals surface area contributed by atoms with Crippen LogP contribution in [-0.2, 0) is 22.6 Å². The second-order valence-electron chi connectivity index (χ2n) is 4.69. The third-order valence-corrected chi connectivity index (χ3v) is 2.75. The fourth-order valence-corrected chi connectivity index (χ4v) is 1.89. The smallest absolute Gasteiger partial charge is 0.234 e. The summed E-state index contributed by atoms with van der Waals surface area (Å²) in [6.45, 7) is 2.01. The Kier molecular flexibility index (Phi) is 7.14. The highest BCUT2D eigenvalue weighted by Crippen LogP contribution is 2.10. The number of ether oxygens (including phenoxy) is 1. The van der Waals surface area contributed by atoms with Gasteiger partial charge < -0.3 is 15.8 Å². The average molecular weight is 283 g/mol. The first-order chi connectivity index (χ1) is 9.55. The Labute approximate surface area is 118 Å². The summed E-state index contributed by atoms with van der Waals surface area (Å²) in [5, 5.41) is 2.73. The first kappa shape index (κ1) is 16.6. The van der Waals surface area contributed by atoms with E-state index in [1.54, 1.807) is 7.11 Å². The number of carbonyl (C=O) groups is 1. The van der Waals surface area contributed by atoms with Crippen LogP contribution in [0.15, 0.2) is 18.2 Å². The third kappa shape index (κ3) is 6.10. The lowest BCUT2D eigenvalue weighted by atomic mass is 10.1. The van der Waals surface area contributed by atoms with Gasteiger partial charge in [0.05, 0.1) is 13.2 Å². The molecule has 0 radical (unpaired) electrons. The van der Waals surface area contributed by atoms with Crippen LogP contribution in [0.2, 0.25) is 0 Å². The monoisotopic (exact) mass is 283 g/mol. The van der Waals surface area contributed by atoms with E-state index in [9.17, 15) is 9.18 Å². The highest BCUT2D eigenvalue weighted by atomic mass is 19.1. The molecule has 1 rings (SSSR count). The highest BCUT2D eigenvalue weighted by Gasteiger charge is 2.08. The molecular weight excluding hydrogens is 261 g/mol. The number of likely N-dealkylation sites (N-methyl/N-ethyl adjacent to an activating group) is 1. The van der Waals surface area contributed by atoms with Gasteiger partial charge in [-0.2, -0.15) is 0 Å². The maximum Gasteiger partial charge on any atom is 0.234 e. The van der Waals surface area contributed by atoms with Crippen molar-refractivity contribution in [1.29, 1.82) is 0 Å². The molecule has 0 saturated carbocycles. The molecule has 3 N–H and O–H groups in total. The van der Waals surface area contributed by atoms with Crippen LogP contribution in [0.25, 0.3) is 0 Å². The van der Waals surface area contributed by atoms with Crippen molar-refractivity contribution in [3.05, 3.63) is 35.1 Å². The zero-order chi connectivity index (χ0) is 15.0. The second kappa shape index (κ2) is 8.63. The summed E-state index contributed by atoms with van der Waals surface area (Å²) in [4.78, 5) is 13.4. The van der Waals surface area contributed by atoms with Gasteiger partial charge in [-0.3, -0.25) is 9.69 Å². The molecule has 0 spiro atoms. The van der Waals surface area contributed by atoms with Crippen molar-refractivity contribution >= 4 is 5.91 Å². The van der Waals surface area contributed by atoms with Crippen LogP contribution in [0.4, 0.5) is 4.39 Å². The summed E-state index contributed by atoms with van der Waals surface area (Å²) in [6, 6.07) is 4.72. The second-order valence-corrected chi connectivity index (χ2v) is 4.69. The van der Waals surface area contributed by atoms with Crippen molar-refractivity contribution in [2.24, 2.45) is 5.73 Å². The Balaban J connectivity index is 2.47. The largest absolute Gasteiger partial charge is 0.383 e. The van der Waals surface area contributed by atoms with Crippen molar-refractivity contribution in [3.63, 3.8) is 0 Å². The SMILES string of the molecule is COCCNC(=O)CN(C)Cc1cc(F)cc(CN)c1. The summed E-state index contributed by atoms with van der Waals surface area (Å²) in [5.74, 6) is -0.388. The number of nitrogens with two attached hydrogens (primary N) is 1. The maximum absolute atomic E-state index is 13.4. The average Bonchev–Trinajstić information content (AvgIpc) is 2.37. The van der Waals surface area contributed by atoms with Crippen LogP contribution < -0.4 is 11.1 Å². The number of methoxy groups -OCH3 is 1. The summed E-state index contributed by atoms with van der Waals surface area (Å²) in [5.41, 5.74) is 7.06. The van der Waals surface area contributed by atoms with Crippen molar-refractivity contribution in [2.45, 2.75) is 13.1 Å². The van der Waals surface area contributed by atoms with Gasteiger partial charge in [-0.1, -0.05) is 6.07 Å². The fourth-order valence-electron chi connectivity index (χ4n) is 1.89. The van der Waals surface area contributed by atoms with Gasteiger partial charge in [0.2, 0.25) is 5.91 Å². The van der Waals surface area contributed by atoms with Crippen LogP contribution >= 0.6 is 0 Å². The quantitative estimate of drug-likeness (QED) is 0.681. The number of nitrogens with zero attached hydrogens (tertiary/aromatic N) is 1. The van der Waals surface area contributed by atoms with Crippen LogP contribution in [0.3, 0.4) is 0 Å². The van der Waals surface area contributed by atoms with Gasteiger partial charge in [0, 0.05) is 26.7 Å². The third-order valence-electron chi connectivity index (χ3n) is 2.75. The number of carbonyl (C=O) groups excluding carboxylic acids is 1. The minimum Gasteiger partial charge on any atom is -0.383 e. The van der Waals surface area contributed by atoms with Crippen molar-refractivity contribution in [3.8, 4) is 0 Å². The molecule has 1 aromatic carbocycles. The van der Waals surface area contributed by atoms with Crippen molar-refractivity contribution in [2.75, 3.05) is 33.9 Å². The first-order valence-corrected chi connectivity index (χ1v) is 6.47. The molecule has 0 aliphatic carbocycles. The van der Waals surface area contributed by atoms with E-state index in [0.717, 1.165) is 11.1 Å². The van der Waals surface area contributed by atoms with Gasteiger partial charge in [0.15, 0.2) is 0 Å². The van der Waals surface area contributed by atoms with Gasteiger partial charge >= 0.3 is 0 Å². The highest BCUT2D eigenvalue weighted by molar-refractivity contribution is 5.77. The Morgan fingerprint density at radius 2 is 2.10 bits per heavy atom. The van der Waals surface area contributed by atoms with Gasteiger partial charge in [0.1, 0.15) is 5.82 Å². The standard InChI is InChI=1S/C14H22FN3O2/c1-18(10-14(19)17-3-4-20-2)9-12-5-11(8-16)6-13(15)7-12/h5-7H,3-4,8-10,16H2,1-2H3,(H,17,19). The zero-order valence-electron chi connectivity index (χ0n) is 12.0. The summed E-state index contributed by atoms with van der Waals surface area (Å²) in [7, 11) is 3.39. The lowest BCUT2D eigenvalue weighted by Gasteiger charge is -2.17. The molecule has 0 fully saturated rings. The van der Waals surface area contributed by atoms with Crippen LogP contribution in [-0.4, -0.2) is 44.7 Å². The zero-order valence-corrected chi connectivity index (χ0v) is 12.0. The van der Waals surface area contributed by atoms with Crippen molar-refractivity contribution < 1.29 is 13.9 Å². The molecule has 0 heterocycles. The molecule has 1 amide bonds. The molecule has 5 nitrogen and oxygen atoms in total. The lowest BCUT2D eigenvalue weighted by molar-refractivity contribution is -0.122. The molecule has 112 valence electrons. The molecular formula is C14H22FN3O2. The maximum atomic E-state index is 13.4. The van der Waals surface area contributed by atoms with Gasteiger partial charge in [-0.05, 0) is 30.3 Å². The topological polar surface area (TPSA) is 67.6 Å². The Bertz CT molecular complexity index is 440. The minimum absolute atomic E-state index is 0.0833. The van der Waals surface area contributed by atoms with Gasteiger partial charge in [0.25, 0.3) is 0 Å². The number of amides is 1. The van der Waals surface area contributed by atoms with E-state index in [1.165, 1.54) is 12.1 Å². The normalized spacial score (nSPS) is 10.8. The number of nitrogens with one attached hydrogen (secondary N) is 1. The molecule has 0 atom stereocenters. The van der Waals surface area contributed by atoms with E-state index in [-0.39, 0.29) is 18.3 Å². The summed E-state index contributed by atoms with van der Waals surface area (Å²) < 4.78 is 18.2. The van der Waals surface area contributed by atoms with E-state index in [4.69, 9.17) is 10.5 Å². The van der Waals surface area contributed by atoms with Gasteiger partial charge in [-0.15, -0.1) is 0 Å². The Morgan fingerprint density at radius 3 is 2.75 bits per heavy atom. The van der Waals surface area contributed by atoms with E-state index < -0.39 is 0 Å². The molecule has 0 bridgehead atoms. The lowest BCUT2D eigenvalue weighted by Crippen LogP contribution is -2.36. The van der Waals surface area contributed by atoms with E-state index in [0.29, 0.717) is 26.2 Å². The fraction of sp³-hybridized carbons (Fsp3) is 0.500. The van der Waals surface area contributed by atoms with Gasteiger partial charge in [-0.25, -0.2) is 4.39 Å². The Hall–Kier alpha value is -1.50. The molecule has 20 heavy (non-hydrogen) atoms. The van der Waals surface area contributed by atoms with E-state index in [2.05, 4.69) is 5.32 Å². The molecule has 1 aromatic rings. The number of hydrogen-bond acceptors (Lipinski definition) is 4. The van der Waals surface area contributed by atoms with Crippen LogP contribution in [0, 0.1) is 5.82 Å². The van der Waals surface area contributed by atoms with Crippen molar-refractivity contribution in [1.82, 2.24) is 10.2 Å². The predicted octanol–water partition coefficient (Wildman–Crippen LogP) is 0.479. The van der Waals surface area contributed by atoms with Crippen LogP contribution in [0.5, 0.6) is 0 Å². The summed E-state index contributed by atoms with van der Waals surface area (Å²) >= 11 is 0. The number of rotatable bonds is 8. The summed E-state index contributed by atoms with van der Waals surface area (Å²) in [6.07, 6.45) is 0. The number of hydrogen-bond donors (Lipinski definition) is 2. The minimum atomic E-state index is -0.305. The molecule has 6 heteroatoms. The van der Waals surface area contributed by atoms with E-state index >= 15 is 0 Å². The molecule has 0 aromatic heterocycles. The molecule has 0 unspecified atom stereocenters. The molecule has 0 saturated heterocycles.